The van der Waals surface area contributed by atoms with Gasteiger partial charge in [0.15, 0.2) is 0 Å². The number of ether oxygens (including phenoxy) is 1. The first-order valence-corrected chi connectivity index (χ1v) is 4.95. The molecule has 1 atom stereocenters. The van der Waals surface area contributed by atoms with Crippen molar-refractivity contribution in [2.24, 2.45) is 0 Å². The SMILES string of the molecule is Cc1cccc(O[C@H](C)CC(=O)O)c1C. The maximum atomic E-state index is 10.5. The second-order valence-electron chi connectivity index (χ2n) is 3.72. The summed E-state index contributed by atoms with van der Waals surface area (Å²) in [5.41, 5.74) is 2.21. The number of hydrogen-bond acceptors (Lipinski definition) is 2. The minimum Gasteiger partial charge on any atom is -0.490 e. The smallest absolute Gasteiger partial charge is 0.307 e. The largest absolute Gasteiger partial charge is 0.490 e. The topological polar surface area (TPSA) is 46.5 Å². The first-order valence-electron chi connectivity index (χ1n) is 4.95. The first-order chi connectivity index (χ1) is 7.00. The van der Waals surface area contributed by atoms with Crippen molar-refractivity contribution in [1.29, 1.82) is 0 Å². The molecule has 1 aromatic carbocycles. The second-order valence-corrected chi connectivity index (χ2v) is 3.72. The normalized spacial score (nSPS) is 12.2. The molecule has 0 saturated carbocycles. The van der Waals surface area contributed by atoms with Crippen LogP contribution in [0.3, 0.4) is 0 Å². The zero-order chi connectivity index (χ0) is 11.4. The van der Waals surface area contributed by atoms with Crippen LogP contribution in [0.2, 0.25) is 0 Å². The van der Waals surface area contributed by atoms with Gasteiger partial charge in [0.25, 0.3) is 0 Å². The van der Waals surface area contributed by atoms with E-state index in [-0.39, 0.29) is 12.5 Å². The van der Waals surface area contributed by atoms with E-state index >= 15 is 0 Å². The molecule has 3 nitrogen and oxygen atoms in total. The van der Waals surface area contributed by atoms with E-state index in [1.54, 1.807) is 6.92 Å². The van der Waals surface area contributed by atoms with Crippen LogP contribution in [0.1, 0.15) is 24.5 Å². The second kappa shape index (κ2) is 4.82. The summed E-state index contributed by atoms with van der Waals surface area (Å²) in [6, 6.07) is 5.77. The van der Waals surface area contributed by atoms with Crippen LogP contribution in [-0.2, 0) is 4.79 Å². The highest BCUT2D eigenvalue weighted by Crippen LogP contribution is 2.22. The third kappa shape index (κ3) is 3.27. The molecule has 1 N–H and O–H groups in total. The monoisotopic (exact) mass is 208 g/mol. The van der Waals surface area contributed by atoms with Gasteiger partial charge in [-0.2, -0.15) is 0 Å². The van der Waals surface area contributed by atoms with Crippen molar-refractivity contribution in [2.45, 2.75) is 33.3 Å². The van der Waals surface area contributed by atoms with E-state index in [9.17, 15) is 4.79 Å². The number of aryl methyl sites for hydroxylation is 1. The molecule has 0 unspecified atom stereocenters. The van der Waals surface area contributed by atoms with Gasteiger partial charge in [-0.25, -0.2) is 0 Å². The molecule has 0 aliphatic carbocycles. The lowest BCUT2D eigenvalue weighted by Gasteiger charge is -2.15. The predicted molar refractivity (Wildman–Crippen MR) is 58.3 cm³/mol. The van der Waals surface area contributed by atoms with E-state index in [0.717, 1.165) is 16.9 Å². The maximum Gasteiger partial charge on any atom is 0.307 e. The van der Waals surface area contributed by atoms with Crippen molar-refractivity contribution in [3.8, 4) is 5.75 Å². The van der Waals surface area contributed by atoms with Gasteiger partial charge < -0.3 is 9.84 Å². The molecule has 3 heteroatoms. The fourth-order valence-electron chi connectivity index (χ4n) is 1.36. The van der Waals surface area contributed by atoms with Gasteiger partial charge in [0, 0.05) is 0 Å². The molecule has 0 aromatic heterocycles. The molecular weight excluding hydrogens is 192 g/mol. The molecule has 0 aliphatic rings. The lowest BCUT2D eigenvalue weighted by molar-refractivity contribution is -0.138. The van der Waals surface area contributed by atoms with E-state index in [1.807, 2.05) is 32.0 Å². The summed E-state index contributed by atoms with van der Waals surface area (Å²) in [6.07, 6.45) is -0.282. The Kier molecular flexibility index (Phi) is 3.72. The molecule has 0 saturated heterocycles. The molecule has 0 amide bonds. The lowest BCUT2D eigenvalue weighted by Crippen LogP contribution is -2.17. The van der Waals surface area contributed by atoms with Crippen molar-refractivity contribution < 1.29 is 14.6 Å². The molecule has 0 radical (unpaired) electrons. The van der Waals surface area contributed by atoms with Gasteiger partial charge in [-0.1, -0.05) is 12.1 Å². The van der Waals surface area contributed by atoms with Crippen molar-refractivity contribution >= 4 is 5.97 Å². The molecule has 0 heterocycles. The Labute approximate surface area is 89.7 Å². The zero-order valence-corrected chi connectivity index (χ0v) is 9.28. The summed E-state index contributed by atoms with van der Waals surface area (Å²) in [5.74, 6) is -0.0726. The van der Waals surface area contributed by atoms with Crippen molar-refractivity contribution in [1.82, 2.24) is 0 Å². The molecule has 82 valence electrons. The van der Waals surface area contributed by atoms with Crippen LogP contribution in [0.25, 0.3) is 0 Å². The summed E-state index contributed by atoms with van der Waals surface area (Å²) in [4.78, 5) is 10.5. The highest BCUT2D eigenvalue weighted by atomic mass is 16.5. The summed E-state index contributed by atoms with van der Waals surface area (Å²) >= 11 is 0. The van der Waals surface area contributed by atoms with Crippen LogP contribution in [0, 0.1) is 13.8 Å². The Morgan fingerprint density at radius 1 is 1.47 bits per heavy atom. The van der Waals surface area contributed by atoms with Gasteiger partial charge in [0.05, 0.1) is 6.42 Å². The van der Waals surface area contributed by atoms with Crippen LogP contribution >= 0.6 is 0 Å². The third-order valence-corrected chi connectivity index (χ3v) is 2.35. The summed E-state index contributed by atoms with van der Waals surface area (Å²) in [7, 11) is 0. The fraction of sp³-hybridized carbons (Fsp3) is 0.417. The van der Waals surface area contributed by atoms with Gasteiger partial charge in [0.1, 0.15) is 11.9 Å². The lowest BCUT2D eigenvalue weighted by atomic mass is 10.1. The Morgan fingerprint density at radius 3 is 2.73 bits per heavy atom. The zero-order valence-electron chi connectivity index (χ0n) is 9.28. The van der Waals surface area contributed by atoms with Gasteiger partial charge in [0.2, 0.25) is 0 Å². The highest BCUT2D eigenvalue weighted by Gasteiger charge is 2.10. The van der Waals surface area contributed by atoms with Crippen LogP contribution in [-0.4, -0.2) is 17.2 Å². The average Bonchev–Trinajstić information content (AvgIpc) is 2.11. The molecule has 15 heavy (non-hydrogen) atoms. The number of benzene rings is 1. The van der Waals surface area contributed by atoms with Crippen LogP contribution in [0.4, 0.5) is 0 Å². The van der Waals surface area contributed by atoms with E-state index in [0.29, 0.717) is 0 Å². The summed E-state index contributed by atoms with van der Waals surface area (Å²) in [6.45, 7) is 5.73. The molecular formula is C12H16O3. The van der Waals surface area contributed by atoms with Crippen LogP contribution < -0.4 is 4.74 Å². The Morgan fingerprint density at radius 2 is 2.13 bits per heavy atom. The van der Waals surface area contributed by atoms with Gasteiger partial charge in [-0.3, -0.25) is 4.79 Å². The van der Waals surface area contributed by atoms with E-state index in [2.05, 4.69) is 0 Å². The van der Waals surface area contributed by atoms with E-state index in [1.165, 1.54) is 0 Å². The summed E-state index contributed by atoms with van der Waals surface area (Å²) in [5, 5.41) is 8.61. The first kappa shape index (κ1) is 11.6. The standard InChI is InChI=1S/C12H16O3/c1-8-5-4-6-11(10(8)3)15-9(2)7-12(13)14/h4-6,9H,7H2,1-3H3,(H,13,14)/t9-/m1/s1. The highest BCUT2D eigenvalue weighted by molar-refractivity contribution is 5.67. The average molecular weight is 208 g/mol. The number of hydrogen-bond donors (Lipinski definition) is 1. The maximum absolute atomic E-state index is 10.5. The minimum absolute atomic E-state index is 0.0212. The van der Waals surface area contributed by atoms with Crippen LogP contribution in [0.5, 0.6) is 5.75 Å². The quantitative estimate of drug-likeness (QED) is 0.827. The number of carbonyl (C=O) groups is 1. The molecule has 1 aromatic rings. The predicted octanol–water partition coefficient (Wildman–Crippen LogP) is 2.55. The Balaban J connectivity index is 2.72. The Bertz CT molecular complexity index is 358. The van der Waals surface area contributed by atoms with Gasteiger partial charge >= 0.3 is 5.97 Å². The number of carboxylic acid groups (broad SMARTS) is 1. The van der Waals surface area contributed by atoms with E-state index < -0.39 is 5.97 Å². The number of aliphatic carboxylic acids is 1. The molecule has 0 aliphatic heterocycles. The Hall–Kier alpha value is -1.51. The summed E-state index contributed by atoms with van der Waals surface area (Å²) < 4.78 is 5.56. The molecule has 0 fully saturated rings. The van der Waals surface area contributed by atoms with Gasteiger partial charge in [-0.05, 0) is 38.0 Å². The molecule has 1 rings (SSSR count). The fourth-order valence-corrected chi connectivity index (χ4v) is 1.36. The minimum atomic E-state index is -0.840. The van der Waals surface area contributed by atoms with Gasteiger partial charge in [-0.15, -0.1) is 0 Å². The number of rotatable bonds is 4. The van der Waals surface area contributed by atoms with Crippen LogP contribution in [0.15, 0.2) is 18.2 Å². The molecule has 0 bridgehead atoms. The van der Waals surface area contributed by atoms with E-state index in [4.69, 9.17) is 9.84 Å². The van der Waals surface area contributed by atoms with Crippen molar-refractivity contribution in [3.63, 3.8) is 0 Å². The van der Waals surface area contributed by atoms with Crippen molar-refractivity contribution in [3.05, 3.63) is 29.3 Å². The number of carboxylic acids is 1. The van der Waals surface area contributed by atoms with Crippen molar-refractivity contribution in [2.75, 3.05) is 0 Å². The molecule has 0 spiro atoms. The third-order valence-electron chi connectivity index (χ3n) is 2.35.